The second-order valence-corrected chi connectivity index (χ2v) is 33.5. The molecule has 0 spiro atoms. The molecule has 0 saturated carbocycles. The number of allylic oxidation sites excluding steroid dienone is 4. The molecule has 5 aromatic rings. The van der Waals surface area contributed by atoms with Gasteiger partial charge in [-0.15, -0.1) is 0 Å². The van der Waals surface area contributed by atoms with Crippen LogP contribution in [-0.4, -0.2) is 99.2 Å². The third-order valence-corrected chi connectivity index (χ3v) is 17.0. The second-order valence-electron chi connectivity index (χ2n) is 31.9. The van der Waals surface area contributed by atoms with Crippen LogP contribution < -0.4 is 0 Å². The van der Waals surface area contributed by atoms with Gasteiger partial charge in [-0.2, -0.15) is 0 Å². The van der Waals surface area contributed by atoms with Crippen LogP contribution in [0.15, 0.2) is 128 Å². The van der Waals surface area contributed by atoms with E-state index in [-0.39, 0.29) is 123 Å². The summed E-state index contributed by atoms with van der Waals surface area (Å²) in [5.41, 5.74) is 20.7. The number of nitrogens with zero attached hydrogens (tertiary/aromatic N) is 4. The van der Waals surface area contributed by atoms with Crippen molar-refractivity contribution < 1.29 is 48.9 Å². The van der Waals surface area contributed by atoms with Crippen LogP contribution in [0.3, 0.4) is 0 Å². The van der Waals surface area contributed by atoms with Crippen molar-refractivity contribution in [3.63, 3.8) is 0 Å². The van der Waals surface area contributed by atoms with E-state index in [1.807, 2.05) is 95.2 Å². The molecule has 8 nitrogen and oxygen atoms in total. The van der Waals surface area contributed by atoms with Gasteiger partial charge in [0.25, 0.3) is 0 Å². The second kappa shape index (κ2) is 43.8. The van der Waals surface area contributed by atoms with Gasteiger partial charge >= 0.3 is 87.6 Å². The molecule has 1 aliphatic carbocycles. The Morgan fingerprint density at radius 1 is 0.343 bits per heavy atom. The first kappa shape index (κ1) is 99.8. The van der Waals surface area contributed by atoms with Crippen LogP contribution in [0.1, 0.15) is 332 Å². The van der Waals surface area contributed by atoms with Crippen molar-refractivity contribution in [2.75, 3.05) is 0 Å². The quantitative estimate of drug-likeness (QED) is 0.0378. The predicted octanol–water partition coefficient (Wildman–Crippen LogP) is 25.1. The van der Waals surface area contributed by atoms with E-state index in [0.717, 1.165) is 56.7 Å². The number of carbonyl (C=O) groups excluding carboxylic acids is 2. The number of hydrogen-bond acceptors (Lipinski definition) is 8. The molecule has 2 N–H and O–H groups in total. The van der Waals surface area contributed by atoms with Crippen molar-refractivity contribution in [2.45, 2.75) is 287 Å². The van der Waals surface area contributed by atoms with Crippen molar-refractivity contribution in [2.24, 2.45) is 30.8 Å². The molecule has 0 heterocycles. The van der Waals surface area contributed by atoms with Gasteiger partial charge in [-0.1, -0.05) is 298 Å². The SMILES string of the molecule is C.CC(=Nc1c(C(C)C)cccc1C(C)C)C(C)=Nc1c(C(C)C)cccc1C(C)C.CC(=Nc1c(C(C)C)cccc1C(C)C)C(C)=Nc1c(C(C)C)cccc1C(C)C.CC(C)(C)C1=CC=C(C(C)(C)C)C(=O)C1=O.CC(C)(C)c1ccc(C(C)(C)C)c(O)c1O.[Cl][Ni][Cl].[Ni].[TlH2].[TlH2]. The summed E-state index contributed by atoms with van der Waals surface area (Å²) in [6.07, 6.45) is 3.59. The fourth-order valence-electron chi connectivity index (χ4n) is 11.1. The molecule has 2 radical (unpaired) electrons. The Morgan fingerprint density at radius 3 is 0.616 bits per heavy atom. The van der Waals surface area contributed by atoms with Gasteiger partial charge in [0.1, 0.15) is 0 Å². The van der Waals surface area contributed by atoms with Crippen LogP contribution in [0.25, 0.3) is 0 Å². The molecule has 14 heteroatoms. The number of phenols is 2. The molecule has 0 saturated heterocycles. The maximum atomic E-state index is 12.0. The number of carbonyl (C=O) groups is 2. The van der Waals surface area contributed by atoms with E-state index in [1.54, 1.807) is 12.2 Å². The Bertz CT molecular complexity index is 3120. The fraction of sp³-hybridized carbons (Fsp3) is 0.529. The molecule has 0 aliphatic heterocycles. The van der Waals surface area contributed by atoms with Gasteiger partial charge in [-0.05, 0) is 141 Å². The Kier molecular flexibility index (Phi) is 44.1. The first-order chi connectivity index (χ1) is 43.6. The van der Waals surface area contributed by atoms with Gasteiger partial charge < -0.3 is 10.2 Å². The van der Waals surface area contributed by atoms with Crippen LogP contribution >= 0.6 is 20.4 Å². The summed E-state index contributed by atoms with van der Waals surface area (Å²) < 4.78 is 0. The van der Waals surface area contributed by atoms with Crippen molar-refractivity contribution in [3.05, 3.63) is 164 Å². The zero-order chi connectivity index (χ0) is 73.3. The number of aliphatic imine (C=N–C) groups is 4. The van der Waals surface area contributed by atoms with Crippen LogP contribution in [0, 0.1) is 10.8 Å². The molecule has 5 aromatic carbocycles. The summed E-state index contributed by atoms with van der Waals surface area (Å²) in [5.74, 6) is 2.79. The number of halogens is 2. The molecule has 99 heavy (non-hydrogen) atoms. The number of rotatable bonds is 14. The minimum atomic E-state index is -0.347. The minimum absolute atomic E-state index is 0. The summed E-state index contributed by atoms with van der Waals surface area (Å²) in [5, 5.41) is 20.1. The van der Waals surface area contributed by atoms with Crippen molar-refractivity contribution in [1.29, 1.82) is 0 Å². The maximum absolute atomic E-state index is 12.0. The van der Waals surface area contributed by atoms with E-state index in [4.69, 9.17) is 40.4 Å². The standard InChI is InChI=1S/2C28H40N2.C14H22O2.C14H20O2.CH4.2ClH.2Ni.2Tl.4H/c2*1-17(2)23-13-11-14-24(18(3)4)27(23)29-21(9)22(10)30-28-25(19(5)6)15-12-16-26(28)20(7)8;2*1-13(2,3)9-7-8-10(14(4,5)6)12(16)11(9)15;;;;;;;;;;;/h2*11-20H,1-10H3;7-8,15-16H,1-6H3;7-8H,1-6H3;1H4;2*1H;;;;;;;;/q;;;;;;;;+2;;;;;;/p-2. The molecule has 0 fully saturated rings. The Morgan fingerprint density at radius 2 is 0.495 bits per heavy atom. The fourth-order valence-corrected chi connectivity index (χ4v) is 11.1. The Labute approximate surface area is 668 Å². The number of para-hydroxylation sites is 4. The molecular weight excluding hydrogens is 1740 g/mol. The van der Waals surface area contributed by atoms with Crippen LogP contribution in [0.2, 0.25) is 0 Å². The molecule has 0 amide bonds. The molecule has 0 bridgehead atoms. The molecule has 0 atom stereocenters. The van der Waals surface area contributed by atoms with E-state index in [0.29, 0.717) is 71.1 Å². The molecule has 0 unspecified atom stereocenters. The molecule has 0 aromatic heterocycles. The van der Waals surface area contributed by atoms with Gasteiger partial charge in [0, 0.05) is 38.8 Å². The van der Waals surface area contributed by atoms with Gasteiger partial charge in [-0.25, -0.2) is 0 Å². The summed E-state index contributed by atoms with van der Waals surface area (Å²) in [7, 11) is 9.40. The van der Waals surface area contributed by atoms with Crippen LogP contribution in [-0.2, 0) is 49.6 Å². The predicted molar refractivity (Wildman–Crippen MR) is 437 cm³/mol. The summed E-state index contributed by atoms with van der Waals surface area (Å²) >= 11 is 0.569. The number of Topliss-reactive ketones (excluding diaryl/α,β-unsaturated/α-hetero) is 2. The van der Waals surface area contributed by atoms with Gasteiger partial charge in [0.15, 0.2) is 11.5 Å². The van der Waals surface area contributed by atoms with E-state index >= 15 is 0 Å². The zero-order valence-electron chi connectivity index (χ0n) is 66.7. The van der Waals surface area contributed by atoms with Gasteiger partial charge in [0.2, 0.25) is 11.6 Å². The number of benzene rings is 5. The third-order valence-electron chi connectivity index (χ3n) is 17.0. The normalized spacial score (nSPS) is 13.3. The summed E-state index contributed by atoms with van der Waals surface area (Å²) in [6, 6.07) is 30.1. The molecule has 1 aliphatic rings. The monoisotopic (exact) mass is 1870 g/mol. The number of hydrogen-bond donors (Lipinski definition) is 2. The average molecular weight is 1870 g/mol. The number of phenolic OH excluding ortho intramolecular Hbond substituents is 2. The van der Waals surface area contributed by atoms with E-state index in [2.05, 4.69) is 211 Å². The molecular formula is C85H130Cl2N4Ni2O4Tl2. The Balaban J connectivity index is -0.00000125. The van der Waals surface area contributed by atoms with Crippen molar-refractivity contribution >= 4 is 132 Å². The van der Waals surface area contributed by atoms with E-state index < -0.39 is 0 Å². The number of aromatic hydroxyl groups is 2. The number of ketones is 2. The topological polar surface area (TPSA) is 124 Å². The molecule has 6 rings (SSSR count). The van der Waals surface area contributed by atoms with Gasteiger partial charge in [-0.3, -0.25) is 29.6 Å². The van der Waals surface area contributed by atoms with Crippen LogP contribution in [0.5, 0.6) is 11.5 Å². The summed E-state index contributed by atoms with van der Waals surface area (Å²) in [6.45, 7) is 67.9. The first-order valence-corrected chi connectivity index (χ1v) is 36.9. The molecule has 554 valence electrons. The third kappa shape index (κ3) is 29.2. The average Bonchev–Trinajstić information content (AvgIpc) is 0.794. The Hall–Kier alpha value is -3.39. The summed E-state index contributed by atoms with van der Waals surface area (Å²) in [4.78, 5) is 44.5. The van der Waals surface area contributed by atoms with Crippen molar-refractivity contribution in [1.82, 2.24) is 0 Å². The first-order valence-electron chi connectivity index (χ1n) is 34.2. The zero-order valence-corrected chi connectivity index (χ0v) is 85.8. The van der Waals surface area contributed by atoms with E-state index in [9.17, 15) is 19.8 Å². The van der Waals surface area contributed by atoms with Crippen molar-refractivity contribution in [3.8, 4) is 11.5 Å². The van der Waals surface area contributed by atoms with Gasteiger partial charge in [0.05, 0.1) is 45.6 Å². The van der Waals surface area contributed by atoms with Crippen LogP contribution in [0.4, 0.5) is 22.7 Å². The van der Waals surface area contributed by atoms with E-state index in [1.165, 1.54) is 44.5 Å².